The number of ether oxygens (including phenoxy) is 1. The van der Waals surface area contributed by atoms with Crippen LogP contribution in [0.3, 0.4) is 0 Å². The molecule has 2 aliphatic heterocycles. The van der Waals surface area contributed by atoms with Crippen molar-refractivity contribution >= 4 is 28.3 Å². The van der Waals surface area contributed by atoms with Crippen LogP contribution >= 0.6 is 0 Å². The number of hydrogen-bond donors (Lipinski definition) is 1. The van der Waals surface area contributed by atoms with E-state index in [9.17, 15) is 9.59 Å². The molecular weight excluding hydrogens is 402 g/mol. The van der Waals surface area contributed by atoms with E-state index in [2.05, 4.69) is 10.2 Å². The Labute approximate surface area is 189 Å². The topological polar surface area (TPSA) is 61.9 Å². The Morgan fingerprint density at radius 1 is 0.938 bits per heavy atom. The van der Waals surface area contributed by atoms with Crippen molar-refractivity contribution < 1.29 is 14.3 Å². The second-order valence-corrected chi connectivity index (χ2v) is 9.49. The molecule has 2 heterocycles. The van der Waals surface area contributed by atoms with Gasteiger partial charge in [0, 0.05) is 32.1 Å². The molecule has 2 saturated heterocycles. The van der Waals surface area contributed by atoms with Gasteiger partial charge in [0.15, 0.2) is 0 Å². The van der Waals surface area contributed by atoms with Crippen molar-refractivity contribution in [2.24, 2.45) is 11.8 Å². The SMILES string of the molecule is O=C(Nc1cc2ccccc2cc1C(=O)N1CCC(CCN2CCOCC2)CC1)C1CC1. The van der Waals surface area contributed by atoms with Crippen molar-refractivity contribution in [2.75, 3.05) is 51.3 Å². The number of benzene rings is 2. The lowest BCUT2D eigenvalue weighted by Gasteiger charge is -2.34. The monoisotopic (exact) mass is 435 g/mol. The highest BCUT2D eigenvalue weighted by atomic mass is 16.5. The molecule has 6 heteroatoms. The predicted octanol–water partition coefficient (Wildman–Crippen LogP) is 3.76. The van der Waals surface area contributed by atoms with Crippen LogP contribution < -0.4 is 5.32 Å². The highest BCUT2D eigenvalue weighted by molar-refractivity contribution is 6.08. The van der Waals surface area contributed by atoms with E-state index in [-0.39, 0.29) is 17.7 Å². The van der Waals surface area contributed by atoms with E-state index in [1.165, 1.54) is 6.42 Å². The fourth-order valence-corrected chi connectivity index (χ4v) is 4.89. The van der Waals surface area contributed by atoms with Crippen LogP contribution in [0.15, 0.2) is 36.4 Å². The minimum atomic E-state index is 0.0356. The first-order valence-electron chi connectivity index (χ1n) is 12.1. The van der Waals surface area contributed by atoms with Gasteiger partial charge in [-0.3, -0.25) is 14.5 Å². The van der Waals surface area contributed by atoms with Crippen molar-refractivity contribution in [3.63, 3.8) is 0 Å². The summed E-state index contributed by atoms with van der Waals surface area (Å²) < 4.78 is 5.44. The van der Waals surface area contributed by atoms with E-state index >= 15 is 0 Å². The highest BCUT2D eigenvalue weighted by Crippen LogP contribution is 2.33. The number of piperidine rings is 1. The first-order chi connectivity index (χ1) is 15.7. The van der Waals surface area contributed by atoms with Crippen molar-refractivity contribution in [1.82, 2.24) is 9.80 Å². The lowest BCUT2D eigenvalue weighted by atomic mass is 9.92. The number of nitrogens with zero attached hydrogens (tertiary/aromatic N) is 2. The van der Waals surface area contributed by atoms with Gasteiger partial charge in [0.2, 0.25) is 5.91 Å². The normalized spacial score (nSPS) is 20.4. The van der Waals surface area contributed by atoms with E-state index in [0.29, 0.717) is 17.2 Å². The number of carbonyl (C=O) groups excluding carboxylic acids is 2. The largest absolute Gasteiger partial charge is 0.379 e. The predicted molar refractivity (Wildman–Crippen MR) is 126 cm³/mol. The summed E-state index contributed by atoms with van der Waals surface area (Å²) in [6, 6.07) is 11.9. The van der Waals surface area contributed by atoms with Gasteiger partial charge in [-0.15, -0.1) is 0 Å². The Morgan fingerprint density at radius 2 is 1.62 bits per heavy atom. The van der Waals surface area contributed by atoms with E-state index in [1.54, 1.807) is 0 Å². The van der Waals surface area contributed by atoms with Gasteiger partial charge in [0.05, 0.1) is 24.5 Å². The maximum Gasteiger partial charge on any atom is 0.255 e. The van der Waals surface area contributed by atoms with Gasteiger partial charge < -0.3 is 15.0 Å². The fraction of sp³-hybridized carbons (Fsp3) is 0.538. The molecular formula is C26H33N3O3. The smallest absolute Gasteiger partial charge is 0.255 e. The Bertz CT molecular complexity index is 973. The second-order valence-electron chi connectivity index (χ2n) is 9.49. The summed E-state index contributed by atoms with van der Waals surface area (Å²) in [6.07, 6.45) is 5.18. The highest BCUT2D eigenvalue weighted by Gasteiger charge is 2.31. The van der Waals surface area contributed by atoms with Crippen LogP contribution in [0.4, 0.5) is 5.69 Å². The van der Waals surface area contributed by atoms with Crippen LogP contribution in [0, 0.1) is 11.8 Å². The number of rotatable bonds is 6. The van der Waals surface area contributed by atoms with Gasteiger partial charge in [-0.05, 0) is 67.5 Å². The molecule has 32 heavy (non-hydrogen) atoms. The summed E-state index contributed by atoms with van der Waals surface area (Å²) >= 11 is 0. The van der Waals surface area contributed by atoms with Gasteiger partial charge in [-0.2, -0.15) is 0 Å². The quantitative estimate of drug-likeness (QED) is 0.751. The first kappa shape index (κ1) is 21.4. The molecule has 170 valence electrons. The zero-order valence-electron chi connectivity index (χ0n) is 18.7. The minimum absolute atomic E-state index is 0.0356. The van der Waals surface area contributed by atoms with Crippen LogP contribution in [0.25, 0.3) is 10.8 Å². The molecule has 2 amide bonds. The summed E-state index contributed by atoms with van der Waals surface area (Å²) in [5, 5.41) is 5.12. The number of amides is 2. The number of likely N-dealkylation sites (tertiary alicyclic amines) is 1. The average Bonchev–Trinajstić information content (AvgIpc) is 3.69. The number of fused-ring (bicyclic) bond motifs is 1. The van der Waals surface area contributed by atoms with Crippen LogP contribution in [-0.2, 0) is 9.53 Å². The molecule has 0 spiro atoms. The number of nitrogens with one attached hydrogen (secondary N) is 1. The molecule has 0 unspecified atom stereocenters. The van der Waals surface area contributed by atoms with Crippen molar-refractivity contribution in [3.8, 4) is 0 Å². The lowest BCUT2D eigenvalue weighted by molar-refractivity contribution is -0.117. The first-order valence-corrected chi connectivity index (χ1v) is 12.1. The van der Waals surface area contributed by atoms with E-state index in [1.807, 2.05) is 41.3 Å². The lowest BCUT2D eigenvalue weighted by Crippen LogP contribution is -2.41. The summed E-state index contributed by atoms with van der Waals surface area (Å²) in [6.45, 7) is 6.47. The third-order valence-electron chi connectivity index (χ3n) is 7.18. The van der Waals surface area contributed by atoms with E-state index < -0.39 is 0 Å². The summed E-state index contributed by atoms with van der Waals surface area (Å²) in [7, 11) is 0. The Balaban J connectivity index is 1.25. The van der Waals surface area contributed by atoms with Crippen LogP contribution in [0.2, 0.25) is 0 Å². The van der Waals surface area contributed by atoms with Crippen LogP contribution in [-0.4, -0.2) is 67.6 Å². The van der Waals surface area contributed by atoms with E-state index in [0.717, 1.165) is 82.4 Å². The number of morpholine rings is 1. The molecule has 2 aromatic carbocycles. The molecule has 1 N–H and O–H groups in total. The maximum atomic E-state index is 13.5. The third kappa shape index (κ3) is 4.97. The molecule has 2 aromatic rings. The summed E-state index contributed by atoms with van der Waals surface area (Å²) in [5.74, 6) is 0.851. The molecule has 3 aliphatic rings. The van der Waals surface area contributed by atoms with E-state index in [4.69, 9.17) is 4.74 Å². The van der Waals surface area contributed by atoms with Gasteiger partial charge in [-0.25, -0.2) is 0 Å². The summed E-state index contributed by atoms with van der Waals surface area (Å²) in [4.78, 5) is 30.4. The zero-order valence-corrected chi connectivity index (χ0v) is 18.7. The molecule has 6 nitrogen and oxygen atoms in total. The standard InChI is InChI=1S/C26H33N3O3/c30-25(20-5-6-20)27-24-18-22-4-2-1-3-21(22)17-23(24)26(31)29-11-8-19(9-12-29)7-10-28-13-15-32-16-14-28/h1-4,17-20H,5-16H2,(H,27,30). The molecule has 0 radical (unpaired) electrons. The van der Waals surface area contributed by atoms with Crippen LogP contribution in [0.5, 0.6) is 0 Å². The molecule has 0 aromatic heterocycles. The molecule has 5 rings (SSSR count). The minimum Gasteiger partial charge on any atom is -0.379 e. The van der Waals surface area contributed by atoms with Gasteiger partial charge in [0.25, 0.3) is 5.91 Å². The second kappa shape index (κ2) is 9.59. The average molecular weight is 436 g/mol. The van der Waals surface area contributed by atoms with Crippen molar-refractivity contribution in [2.45, 2.75) is 32.1 Å². The van der Waals surface area contributed by atoms with Gasteiger partial charge in [0.1, 0.15) is 0 Å². The fourth-order valence-electron chi connectivity index (χ4n) is 4.89. The third-order valence-corrected chi connectivity index (χ3v) is 7.18. The number of anilines is 1. The zero-order chi connectivity index (χ0) is 21.9. The Morgan fingerprint density at radius 3 is 2.31 bits per heavy atom. The molecule has 1 aliphatic carbocycles. The van der Waals surface area contributed by atoms with Gasteiger partial charge >= 0.3 is 0 Å². The van der Waals surface area contributed by atoms with Crippen molar-refractivity contribution in [1.29, 1.82) is 0 Å². The Hall–Kier alpha value is -2.44. The number of hydrogen-bond acceptors (Lipinski definition) is 4. The molecule has 0 atom stereocenters. The van der Waals surface area contributed by atoms with Crippen molar-refractivity contribution in [3.05, 3.63) is 42.0 Å². The maximum absolute atomic E-state index is 13.5. The molecule has 3 fully saturated rings. The molecule has 1 saturated carbocycles. The van der Waals surface area contributed by atoms with Crippen LogP contribution in [0.1, 0.15) is 42.5 Å². The Kier molecular flexibility index (Phi) is 6.42. The molecule has 0 bridgehead atoms. The number of carbonyl (C=O) groups is 2. The summed E-state index contributed by atoms with van der Waals surface area (Å²) in [5.41, 5.74) is 1.27. The van der Waals surface area contributed by atoms with Gasteiger partial charge in [-0.1, -0.05) is 24.3 Å².